The van der Waals surface area contributed by atoms with Crippen LogP contribution in [0.4, 0.5) is 8.78 Å². The molecule has 110 valence electrons. The van der Waals surface area contributed by atoms with Gasteiger partial charge in [0.15, 0.2) is 11.6 Å². The Bertz CT molecular complexity index is 499. The van der Waals surface area contributed by atoms with Crippen molar-refractivity contribution < 1.29 is 13.5 Å². The second kappa shape index (κ2) is 7.02. The van der Waals surface area contributed by atoms with E-state index in [9.17, 15) is 8.78 Å². The predicted molar refractivity (Wildman–Crippen MR) is 81.2 cm³/mol. The minimum Gasteiger partial charge on any atom is -0.498 e. The summed E-state index contributed by atoms with van der Waals surface area (Å²) in [5, 5.41) is 0.588. The van der Waals surface area contributed by atoms with Crippen LogP contribution in [0.15, 0.2) is 24.0 Å². The minimum absolute atomic E-state index is 0.346. The smallest absolute Gasteiger partial charge is 0.161 e. The van der Waals surface area contributed by atoms with Crippen LogP contribution in [0.25, 0.3) is 0 Å². The van der Waals surface area contributed by atoms with Gasteiger partial charge in [0, 0.05) is 0 Å². The predicted octanol–water partition coefficient (Wildman–Crippen LogP) is 3.35. The maximum atomic E-state index is 13.8. The van der Waals surface area contributed by atoms with Crippen molar-refractivity contribution in [1.82, 2.24) is 0 Å². The quantitative estimate of drug-likeness (QED) is 0.757. The SMILES string of the molecule is CCCC1CCC(C[SiH2]c2ccc(C)c(F)c2F)=CO1. The molecular weight excluding hydrogens is 274 g/mol. The summed E-state index contributed by atoms with van der Waals surface area (Å²) in [5.41, 5.74) is 1.63. The molecule has 0 amide bonds. The van der Waals surface area contributed by atoms with E-state index in [0.29, 0.717) is 16.9 Å². The number of aryl methyl sites for hydroxylation is 1. The van der Waals surface area contributed by atoms with Crippen molar-refractivity contribution in [3.63, 3.8) is 0 Å². The summed E-state index contributed by atoms with van der Waals surface area (Å²) < 4.78 is 33.0. The van der Waals surface area contributed by atoms with Crippen LogP contribution in [0.1, 0.15) is 38.2 Å². The van der Waals surface area contributed by atoms with E-state index in [2.05, 4.69) is 6.92 Å². The van der Waals surface area contributed by atoms with Crippen LogP contribution in [0.3, 0.4) is 0 Å². The lowest BCUT2D eigenvalue weighted by Crippen LogP contribution is -2.22. The molecule has 1 nitrogen and oxygen atoms in total. The van der Waals surface area contributed by atoms with Crippen LogP contribution >= 0.6 is 0 Å². The third kappa shape index (κ3) is 3.69. The molecule has 1 unspecified atom stereocenters. The average Bonchev–Trinajstić information content (AvgIpc) is 2.46. The highest BCUT2D eigenvalue weighted by Crippen LogP contribution is 2.23. The molecule has 0 radical (unpaired) electrons. The number of benzene rings is 1. The Balaban J connectivity index is 1.92. The summed E-state index contributed by atoms with van der Waals surface area (Å²) in [6.45, 7) is 3.75. The van der Waals surface area contributed by atoms with Gasteiger partial charge in [-0.1, -0.05) is 25.5 Å². The van der Waals surface area contributed by atoms with Gasteiger partial charge in [0.05, 0.1) is 21.9 Å². The van der Waals surface area contributed by atoms with Crippen LogP contribution in [-0.4, -0.2) is 15.6 Å². The number of halogens is 2. The van der Waals surface area contributed by atoms with E-state index in [1.807, 2.05) is 6.26 Å². The van der Waals surface area contributed by atoms with Gasteiger partial charge in [-0.05, 0) is 48.6 Å². The lowest BCUT2D eigenvalue weighted by atomic mass is 10.0. The third-order valence-electron chi connectivity index (χ3n) is 3.90. The second-order valence-electron chi connectivity index (χ2n) is 5.53. The highest BCUT2D eigenvalue weighted by atomic mass is 28.2. The fraction of sp³-hybridized carbons (Fsp3) is 0.500. The van der Waals surface area contributed by atoms with E-state index < -0.39 is 21.2 Å². The Kier molecular flexibility index (Phi) is 5.35. The first-order chi connectivity index (χ1) is 9.61. The van der Waals surface area contributed by atoms with E-state index in [1.54, 1.807) is 19.1 Å². The van der Waals surface area contributed by atoms with Gasteiger partial charge in [0.1, 0.15) is 0 Å². The van der Waals surface area contributed by atoms with Crippen LogP contribution in [-0.2, 0) is 4.74 Å². The molecule has 1 aromatic carbocycles. The van der Waals surface area contributed by atoms with Gasteiger partial charge in [-0.15, -0.1) is 0 Å². The van der Waals surface area contributed by atoms with Crippen LogP contribution in [0.2, 0.25) is 6.04 Å². The van der Waals surface area contributed by atoms with Crippen molar-refractivity contribution in [3.05, 3.63) is 41.2 Å². The second-order valence-corrected chi connectivity index (χ2v) is 7.29. The van der Waals surface area contributed by atoms with E-state index in [0.717, 1.165) is 31.7 Å². The Morgan fingerprint density at radius 3 is 2.75 bits per heavy atom. The maximum absolute atomic E-state index is 13.8. The zero-order chi connectivity index (χ0) is 14.5. The number of hydrogen-bond acceptors (Lipinski definition) is 1. The molecule has 1 aromatic rings. The first-order valence-corrected chi connectivity index (χ1v) is 9.09. The van der Waals surface area contributed by atoms with Gasteiger partial charge < -0.3 is 4.74 Å². The van der Waals surface area contributed by atoms with Gasteiger partial charge in [-0.3, -0.25) is 0 Å². The fourth-order valence-corrected chi connectivity index (χ4v) is 4.18. The highest BCUT2D eigenvalue weighted by molar-refractivity contribution is 6.54. The molecule has 0 saturated heterocycles. The van der Waals surface area contributed by atoms with Crippen LogP contribution < -0.4 is 5.19 Å². The molecule has 0 aromatic heterocycles. The van der Waals surface area contributed by atoms with Crippen molar-refractivity contribution in [2.24, 2.45) is 0 Å². The molecule has 0 aliphatic carbocycles. The zero-order valence-corrected chi connectivity index (χ0v) is 13.6. The van der Waals surface area contributed by atoms with Gasteiger partial charge >= 0.3 is 0 Å². The van der Waals surface area contributed by atoms with Gasteiger partial charge in [-0.25, -0.2) is 8.78 Å². The minimum atomic E-state index is -0.814. The Hall–Kier alpha value is -1.16. The molecule has 1 aliphatic heterocycles. The van der Waals surface area contributed by atoms with Crippen LogP contribution in [0, 0.1) is 18.6 Å². The topological polar surface area (TPSA) is 9.23 Å². The standard InChI is InChI=1S/C16H22F2OSi/c1-3-4-13-7-6-12(9-19-13)10-20-14-8-5-11(2)15(17)16(14)18/h5,8-9,13H,3-4,6-7,10,20H2,1-2H3. The molecule has 0 spiro atoms. The third-order valence-corrected chi connectivity index (χ3v) is 5.87. The molecule has 2 rings (SSSR count). The normalized spacial score (nSPS) is 19.2. The average molecular weight is 296 g/mol. The van der Waals surface area contributed by atoms with E-state index in [4.69, 9.17) is 4.74 Å². The number of hydrogen-bond donors (Lipinski definition) is 0. The first-order valence-electron chi connectivity index (χ1n) is 7.38. The van der Waals surface area contributed by atoms with Crippen LogP contribution in [0.5, 0.6) is 0 Å². The molecule has 20 heavy (non-hydrogen) atoms. The van der Waals surface area contributed by atoms with Crippen molar-refractivity contribution in [2.75, 3.05) is 0 Å². The van der Waals surface area contributed by atoms with Crippen molar-refractivity contribution in [2.45, 2.75) is 51.7 Å². The molecule has 4 heteroatoms. The molecular formula is C16H22F2OSi. The van der Waals surface area contributed by atoms with Gasteiger partial charge in [0.25, 0.3) is 0 Å². The van der Waals surface area contributed by atoms with Crippen molar-refractivity contribution >= 4 is 14.7 Å². The summed E-state index contributed by atoms with van der Waals surface area (Å²) in [5.74, 6) is -1.33. The molecule has 1 atom stereocenters. The Morgan fingerprint density at radius 2 is 2.10 bits per heavy atom. The lowest BCUT2D eigenvalue weighted by Gasteiger charge is -2.22. The fourth-order valence-electron chi connectivity index (χ4n) is 2.56. The molecule has 0 N–H and O–H groups in total. The largest absolute Gasteiger partial charge is 0.498 e. The van der Waals surface area contributed by atoms with E-state index in [-0.39, 0.29) is 0 Å². The number of rotatable bonds is 5. The summed E-state index contributed by atoms with van der Waals surface area (Å²) >= 11 is 0. The monoisotopic (exact) mass is 296 g/mol. The Labute approximate surface area is 121 Å². The van der Waals surface area contributed by atoms with Gasteiger partial charge in [-0.2, -0.15) is 0 Å². The maximum Gasteiger partial charge on any atom is 0.161 e. The van der Waals surface area contributed by atoms with Gasteiger partial charge in [0.2, 0.25) is 0 Å². The van der Waals surface area contributed by atoms with E-state index >= 15 is 0 Å². The molecule has 0 saturated carbocycles. The highest BCUT2D eigenvalue weighted by Gasteiger charge is 2.16. The number of allylic oxidation sites excluding steroid dienone is 1. The molecule has 0 bridgehead atoms. The zero-order valence-electron chi connectivity index (χ0n) is 12.2. The molecule has 0 fully saturated rings. The van der Waals surface area contributed by atoms with Crippen molar-refractivity contribution in [1.29, 1.82) is 0 Å². The summed E-state index contributed by atoms with van der Waals surface area (Å²) in [4.78, 5) is 0. The lowest BCUT2D eigenvalue weighted by molar-refractivity contribution is 0.111. The molecule has 1 aliphatic rings. The Morgan fingerprint density at radius 1 is 1.30 bits per heavy atom. The summed E-state index contributed by atoms with van der Waals surface area (Å²) in [6, 6.07) is 4.28. The molecule has 1 heterocycles. The first kappa shape index (κ1) is 15.2. The summed E-state index contributed by atoms with van der Waals surface area (Å²) in [7, 11) is -0.814. The van der Waals surface area contributed by atoms with E-state index in [1.165, 1.54) is 5.57 Å². The summed E-state index contributed by atoms with van der Waals surface area (Å²) in [6.07, 6.45) is 6.53. The number of ether oxygens (including phenoxy) is 1. The van der Waals surface area contributed by atoms with Crippen molar-refractivity contribution in [3.8, 4) is 0 Å².